The molecule has 0 radical (unpaired) electrons. The second kappa shape index (κ2) is 6.09. The Labute approximate surface area is 120 Å². The molecule has 2 rings (SSSR count). The lowest BCUT2D eigenvalue weighted by atomic mass is 9.88. The highest BCUT2D eigenvalue weighted by Crippen LogP contribution is 2.31. The molecule has 0 bridgehead atoms. The van der Waals surface area contributed by atoms with E-state index in [0.29, 0.717) is 0 Å². The molecule has 5 nitrogen and oxygen atoms in total. The molecule has 7 heteroatoms. The van der Waals surface area contributed by atoms with Crippen molar-refractivity contribution in [2.45, 2.75) is 25.3 Å². The Balaban J connectivity index is 0.00000180. The smallest absolute Gasteiger partial charge is 0.279 e. The number of aryl methyl sites for hydroxylation is 1. The van der Waals surface area contributed by atoms with Crippen molar-refractivity contribution in [2.24, 2.45) is 0 Å². The maximum atomic E-state index is 11.9. The largest absolute Gasteiger partial charge is 0.399 e. The van der Waals surface area contributed by atoms with Gasteiger partial charge in [-0.25, -0.2) is 0 Å². The maximum absolute atomic E-state index is 11.9. The Hall–Kier alpha value is -0.820. The van der Waals surface area contributed by atoms with Crippen molar-refractivity contribution in [3.63, 3.8) is 0 Å². The van der Waals surface area contributed by atoms with Gasteiger partial charge >= 0.3 is 0 Å². The lowest BCUT2D eigenvalue weighted by molar-refractivity contribution is 0.466. The first-order valence-corrected chi connectivity index (χ1v) is 7.42. The van der Waals surface area contributed by atoms with Gasteiger partial charge in [0.2, 0.25) is 0 Å². The van der Waals surface area contributed by atoms with Gasteiger partial charge in [-0.2, -0.15) is 17.4 Å². The average Bonchev–Trinajstić information content (AvgIpc) is 2.28. The number of nitrogens with two attached hydrogens (primary N) is 1. The first-order valence-electron chi connectivity index (χ1n) is 5.98. The van der Waals surface area contributed by atoms with Gasteiger partial charge in [0.25, 0.3) is 10.2 Å². The summed E-state index contributed by atoms with van der Waals surface area (Å²) < 4.78 is 27.7. The zero-order valence-corrected chi connectivity index (χ0v) is 12.7. The summed E-state index contributed by atoms with van der Waals surface area (Å²) in [4.78, 5) is 0. The Morgan fingerprint density at radius 1 is 1.37 bits per heavy atom. The molecule has 1 aromatic rings. The van der Waals surface area contributed by atoms with Crippen LogP contribution in [0.15, 0.2) is 18.2 Å². The molecule has 3 N–H and O–H groups in total. The van der Waals surface area contributed by atoms with E-state index in [1.165, 1.54) is 18.4 Å². The summed E-state index contributed by atoms with van der Waals surface area (Å²) in [6, 6.07) is 5.53. The van der Waals surface area contributed by atoms with E-state index >= 15 is 0 Å². The van der Waals surface area contributed by atoms with Gasteiger partial charge in [-0.05, 0) is 42.5 Å². The van der Waals surface area contributed by atoms with Crippen molar-refractivity contribution >= 4 is 28.3 Å². The minimum Gasteiger partial charge on any atom is -0.399 e. The number of nitrogens with one attached hydrogen (secondary N) is 1. The molecule has 1 aliphatic carbocycles. The van der Waals surface area contributed by atoms with Gasteiger partial charge in [-0.15, -0.1) is 12.4 Å². The minimum atomic E-state index is -3.40. The molecular formula is C12H20ClN3O2S. The van der Waals surface area contributed by atoms with Crippen LogP contribution in [-0.2, 0) is 16.6 Å². The number of fused-ring (bicyclic) bond motifs is 1. The van der Waals surface area contributed by atoms with Crippen LogP contribution >= 0.6 is 12.4 Å². The number of benzene rings is 1. The number of rotatable bonds is 3. The minimum absolute atomic E-state index is 0. The van der Waals surface area contributed by atoms with Gasteiger partial charge in [0, 0.05) is 25.8 Å². The second-order valence-electron chi connectivity index (χ2n) is 4.81. The van der Waals surface area contributed by atoms with Crippen LogP contribution in [0.1, 0.15) is 30.0 Å². The highest BCUT2D eigenvalue weighted by molar-refractivity contribution is 7.87. The predicted octanol–water partition coefficient (Wildman–Crippen LogP) is 1.46. The van der Waals surface area contributed by atoms with Gasteiger partial charge < -0.3 is 5.73 Å². The van der Waals surface area contributed by atoms with Crippen molar-refractivity contribution in [2.75, 3.05) is 19.8 Å². The third-order valence-corrected chi connectivity index (χ3v) is 4.80. The van der Waals surface area contributed by atoms with Crippen molar-refractivity contribution in [3.05, 3.63) is 29.3 Å². The molecular weight excluding hydrogens is 286 g/mol. The summed E-state index contributed by atoms with van der Waals surface area (Å²) in [5.74, 6) is 0. The fourth-order valence-electron chi connectivity index (χ4n) is 2.24. The van der Waals surface area contributed by atoms with Crippen LogP contribution < -0.4 is 10.5 Å². The lowest BCUT2D eigenvalue weighted by Gasteiger charge is -2.27. The topological polar surface area (TPSA) is 75.4 Å². The molecule has 0 saturated carbocycles. The fourth-order valence-corrected chi connectivity index (χ4v) is 3.06. The SMILES string of the molecule is CN(C)S(=O)(=O)NC1CCCc2cc(N)ccc21.Cl. The molecule has 1 aliphatic rings. The van der Waals surface area contributed by atoms with Gasteiger partial charge in [-0.3, -0.25) is 0 Å². The Bertz CT molecular complexity index is 546. The molecule has 1 aromatic carbocycles. The summed E-state index contributed by atoms with van der Waals surface area (Å²) in [5, 5.41) is 0. The van der Waals surface area contributed by atoms with Crippen molar-refractivity contribution in [1.82, 2.24) is 9.03 Å². The molecule has 0 amide bonds. The van der Waals surface area contributed by atoms with Crippen LogP contribution in [0, 0.1) is 0 Å². The van der Waals surface area contributed by atoms with E-state index in [-0.39, 0.29) is 18.4 Å². The zero-order chi connectivity index (χ0) is 13.3. The quantitative estimate of drug-likeness (QED) is 0.830. The van der Waals surface area contributed by atoms with Crippen molar-refractivity contribution < 1.29 is 8.42 Å². The van der Waals surface area contributed by atoms with Crippen LogP contribution in [0.5, 0.6) is 0 Å². The van der Waals surface area contributed by atoms with E-state index in [4.69, 9.17) is 5.73 Å². The Kier molecular flexibility index (Phi) is 5.20. The third kappa shape index (κ3) is 3.60. The number of hydrogen-bond acceptors (Lipinski definition) is 3. The molecule has 0 saturated heterocycles. The molecule has 1 atom stereocenters. The van der Waals surface area contributed by atoms with Gasteiger partial charge in [0.15, 0.2) is 0 Å². The summed E-state index contributed by atoms with van der Waals surface area (Å²) >= 11 is 0. The number of nitrogens with zero attached hydrogens (tertiary/aromatic N) is 1. The molecule has 1 unspecified atom stereocenters. The molecule has 0 heterocycles. The van der Waals surface area contributed by atoms with E-state index in [2.05, 4.69) is 4.72 Å². The van der Waals surface area contributed by atoms with Crippen LogP contribution in [-0.4, -0.2) is 26.8 Å². The zero-order valence-electron chi connectivity index (χ0n) is 11.1. The van der Waals surface area contributed by atoms with Crippen molar-refractivity contribution in [1.29, 1.82) is 0 Å². The van der Waals surface area contributed by atoms with E-state index < -0.39 is 10.2 Å². The number of nitrogen functional groups attached to an aromatic ring is 1. The number of halogens is 1. The summed E-state index contributed by atoms with van der Waals surface area (Å²) in [6.07, 6.45) is 2.75. The summed E-state index contributed by atoms with van der Waals surface area (Å²) in [6.45, 7) is 0. The fraction of sp³-hybridized carbons (Fsp3) is 0.500. The molecule has 0 aliphatic heterocycles. The second-order valence-corrected chi connectivity index (χ2v) is 6.72. The Morgan fingerprint density at radius 3 is 2.68 bits per heavy atom. The standard InChI is InChI=1S/C12H19N3O2S.ClH/c1-15(2)18(16,17)14-12-5-3-4-9-8-10(13)6-7-11(9)12;/h6-8,12,14H,3-5,13H2,1-2H3;1H. The average molecular weight is 306 g/mol. The molecule has 0 fully saturated rings. The highest BCUT2D eigenvalue weighted by Gasteiger charge is 2.25. The number of hydrogen-bond donors (Lipinski definition) is 2. The van der Waals surface area contributed by atoms with Crippen LogP contribution in [0.2, 0.25) is 0 Å². The first kappa shape index (κ1) is 16.2. The maximum Gasteiger partial charge on any atom is 0.279 e. The molecule has 108 valence electrons. The molecule has 19 heavy (non-hydrogen) atoms. The number of anilines is 1. The van der Waals surface area contributed by atoms with Crippen molar-refractivity contribution in [3.8, 4) is 0 Å². The highest BCUT2D eigenvalue weighted by atomic mass is 35.5. The summed E-state index contributed by atoms with van der Waals surface area (Å²) in [5.41, 5.74) is 8.67. The first-order chi connectivity index (χ1) is 8.40. The van der Waals surface area contributed by atoms with E-state index in [1.54, 1.807) is 0 Å². The Morgan fingerprint density at radius 2 is 2.05 bits per heavy atom. The normalized spacial score (nSPS) is 18.8. The third-order valence-electron chi connectivity index (χ3n) is 3.25. The summed E-state index contributed by atoms with van der Waals surface area (Å²) in [7, 11) is -0.353. The molecule has 0 aromatic heterocycles. The van der Waals surface area contributed by atoms with E-state index in [1.807, 2.05) is 18.2 Å². The van der Waals surface area contributed by atoms with E-state index in [0.717, 1.165) is 36.1 Å². The predicted molar refractivity (Wildman–Crippen MR) is 79.5 cm³/mol. The van der Waals surface area contributed by atoms with Crippen LogP contribution in [0.25, 0.3) is 0 Å². The molecule has 0 spiro atoms. The lowest BCUT2D eigenvalue weighted by Crippen LogP contribution is -2.39. The van der Waals surface area contributed by atoms with Crippen LogP contribution in [0.4, 0.5) is 5.69 Å². The van der Waals surface area contributed by atoms with Gasteiger partial charge in [-0.1, -0.05) is 6.07 Å². The van der Waals surface area contributed by atoms with Crippen LogP contribution in [0.3, 0.4) is 0 Å². The van der Waals surface area contributed by atoms with E-state index in [9.17, 15) is 8.42 Å². The van der Waals surface area contributed by atoms with Gasteiger partial charge in [0.1, 0.15) is 0 Å². The van der Waals surface area contributed by atoms with Gasteiger partial charge in [0.05, 0.1) is 0 Å². The monoisotopic (exact) mass is 305 g/mol.